The Hall–Kier alpha value is -2.86. The molecule has 0 spiro atoms. The molecule has 0 saturated carbocycles. The van der Waals surface area contributed by atoms with Crippen LogP contribution in [0.15, 0.2) is 71.2 Å². The number of fused-ring (bicyclic) bond motifs is 1. The average molecular weight is 413 g/mol. The average Bonchev–Trinajstić information content (AvgIpc) is 2.66. The first-order valence-electron chi connectivity index (χ1n) is 8.00. The van der Waals surface area contributed by atoms with Gasteiger partial charge in [0.25, 0.3) is 5.91 Å². The SMILES string of the molecule is CNC(=O)NC(=O)[C@H](Oc1ccc2cc(Br)ccc2c1)c1ccccc1. The summed E-state index contributed by atoms with van der Waals surface area (Å²) in [6, 6.07) is 20.0. The zero-order valence-electron chi connectivity index (χ0n) is 14.0. The lowest BCUT2D eigenvalue weighted by Crippen LogP contribution is -2.41. The van der Waals surface area contributed by atoms with Gasteiger partial charge in [0, 0.05) is 17.1 Å². The molecular formula is C20H17BrN2O3. The van der Waals surface area contributed by atoms with E-state index in [4.69, 9.17) is 4.74 Å². The zero-order chi connectivity index (χ0) is 18.5. The summed E-state index contributed by atoms with van der Waals surface area (Å²) in [5.74, 6) is 0.00665. The summed E-state index contributed by atoms with van der Waals surface area (Å²) in [4.78, 5) is 24.0. The summed E-state index contributed by atoms with van der Waals surface area (Å²) in [5.41, 5.74) is 0.657. The number of ether oxygens (including phenoxy) is 1. The van der Waals surface area contributed by atoms with Crippen molar-refractivity contribution in [2.24, 2.45) is 0 Å². The molecule has 3 aromatic rings. The Kier molecular flexibility index (Phi) is 5.53. The number of halogens is 1. The van der Waals surface area contributed by atoms with Crippen molar-refractivity contribution in [1.29, 1.82) is 0 Å². The van der Waals surface area contributed by atoms with Crippen molar-refractivity contribution in [1.82, 2.24) is 10.6 Å². The number of carbonyl (C=O) groups is 2. The topological polar surface area (TPSA) is 67.4 Å². The fraction of sp³-hybridized carbons (Fsp3) is 0.100. The lowest BCUT2D eigenvalue weighted by molar-refractivity contribution is -0.127. The molecule has 0 unspecified atom stereocenters. The number of hydrogen-bond donors (Lipinski definition) is 2. The van der Waals surface area contributed by atoms with Crippen LogP contribution in [0.25, 0.3) is 10.8 Å². The predicted molar refractivity (Wildman–Crippen MR) is 104 cm³/mol. The number of amides is 3. The monoisotopic (exact) mass is 412 g/mol. The van der Waals surface area contributed by atoms with E-state index in [0.29, 0.717) is 11.3 Å². The Morgan fingerprint density at radius 2 is 1.65 bits per heavy atom. The van der Waals surface area contributed by atoms with E-state index in [-0.39, 0.29) is 0 Å². The molecule has 0 radical (unpaired) electrons. The molecule has 0 fully saturated rings. The van der Waals surface area contributed by atoms with Gasteiger partial charge in [0.05, 0.1) is 0 Å². The molecule has 2 N–H and O–H groups in total. The molecule has 3 amide bonds. The van der Waals surface area contributed by atoms with E-state index in [0.717, 1.165) is 15.2 Å². The molecule has 3 aromatic carbocycles. The third-order valence-corrected chi connectivity index (χ3v) is 4.33. The van der Waals surface area contributed by atoms with E-state index in [1.807, 2.05) is 48.5 Å². The van der Waals surface area contributed by atoms with Gasteiger partial charge in [-0.05, 0) is 35.0 Å². The Balaban J connectivity index is 1.91. The van der Waals surface area contributed by atoms with Gasteiger partial charge in [-0.15, -0.1) is 0 Å². The molecule has 0 bridgehead atoms. The number of carbonyl (C=O) groups excluding carboxylic acids is 2. The molecule has 0 saturated heterocycles. The van der Waals surface area contributed by atoms with Crippen molar-refractivity contribution >= 4 is 38.6 Å². The van der Waals surface area contributed by atoms with E-state index in [9.17, 15) is 9.59 Å². The van der Waals surface area contributed by atoms with Crippen molar-refractivity contribution in [2.45, 2.75) is 6.10 Å². The number of hydrogen-bond acceptors (Lipinski definition) is 3. The zero-order valence-corrected chi connectivity index (χ0v) is 15.6. The van der Waals surface area contributed by atoms with Gasteiger partial charge in [-0.2, -0.15) is 0 Å². The standard InChI is InChI=1S/C20H17BrN2O3/c1-22-20(25)23-19(24)18(13-5-3-2-4-6-13)26-17-10-8-14-11-16(21)9-7-15(14)12-17/h2-12,18H,1H3,(H2,22,23,24,25)/t18-/m1/s1. The number of urea groups is 1. The maximum Gasteiger partial charge on any atom is 0.321 e. The maximum absolute atomic E-state index is 12.5. The van der Waals surface area contributed by atoms with Gasteiger partial charge in [-0.25, -0.2) is 4.79 Å². The number of imide groups is 1. The highest BCUT2D eigenvalue weighted by Gasteiger charge is 2.24. The van der Waals surface area contributed by atoms with Crippen LogP contribution in [0, 0.1) is 0 Å². The van der Waals surface area contributed by atoms with Crippen LogP contribution in [-0.4, -0.2) is 19.0 Å². The van der Waals surface area contributed by atoms with Crippen LogP contribution >= 0.6 is 15.9 Å². The Labute approximate surface area is 159 Å². The van der Waals surface area contributed by atoms with Crippen LogP contribution in [0.4, 0.5) is 4.79 Å². The second-order valence-corrected chi connectivity index (χ2v) is 6.55. The Bertz CT molecular complexity index is 944. The van der Waals surface area contributed by atoms with E-state index >= 15 is 0 Å². The van der Waals surface area contributed by atoms with Crippen LogP contribution < -0.4 is 15.4 Å². The minimum absolute atomic E-state index is 0.536. The first-order valence-corrected chi connectivity index (χ1v) is 8.79. The van der Waals surface area contributed by atoms with Gasteiger partial charge in [0.1, 0.15) is 5.75 Å². The molecule has 0 aliphatic rings. The van der Waals surface area contributed by atoms with Gasteiger partial charge in [0.15, 0.2) is 0 Å². The van der Waals surface area contributed by atoms with Crippen LogP contribution in [0.3, 0.4) is 0 Å². The van der Waals surface area contributed by atoms with Crippen molar-refractivity contribution in [3.05, 3.63) is 76.8 Å². The first kappa shape index (κ1) is 17.9. The molecule has 6 heteroatoms. The fourth-order valence-electron chi connectivity index (χ4n) is 2.54. The molecule has 0 aliphatic carbocycles. The summed E-state index contributed by atoms with van der Waals surface area (Å²) in [5, 5.41) is 6.68. The molecule has 0 heterocycles. The molecule has 0 aliphatic heterocycles. The second-order valence-electron chi connectivity index (χ2n) is 5.63. The van der Waals surface area contributed by atoms with E-state index in [1.165, 1.54) is 7.05 Å². The number of nitrogens with one attached hydrogen (secondary N) is 2. The van der Waals surface area contributed by atoms with E-state index in [1.54, 1.807) is 18.2 Å². The summed E-state index contributed by atoms with van der Waals surface area (Å²) in [6.07, 6.45) is -0.943. The highest BCUT2D eigenvalue weighted by Crippen LogP contribution is 2.27. The lowest BCUT2D eigenvalue weighted by atomic mass is 10.1. The first-order chi connectivity index (χ1) is 12.6. The van der Waals surface area contributed by atoms with E-state index in [2.05, 4.69) is 26.6 Å². The molecule has 26 heavy (non-hydrogen) atoms. The summed E-state index contributed by atoms with van der Waals surface area (Å²) in [6.45, 7) is 0. The Morgan fingerprint density at radius 1 is 0.962 bits per heavy atom. The number of rotatable bonds is 4. The van der Waals surface area contributed by atoms with Crippen LogP contribution in [-0.2, 0) is 4.79 Å². The van der Waals surface area contributed by atoms with Crippen LogP contribution in [0.5, 0.6) is 5.75 Å². The van der Waals surface area contributed by atoms with Gasteiger partial charge in [-0.1, -0.05) is 58.4 Å². The van der Waals surface area contributed by atoms with Crippen LogP contribution in [0.2, 0.25) is 0 Å². The largest absolute Gasteiger partial charge is 0.476 e. The summed E-state index contributed by atoms with van der Waals surface area (Å²) in [7, 11) is 1.45. The molecular weight excluding hydrogens is 396 g/mol. The van der Waals surface area contributed by atoms with Crippen molar-refractivity contribution in [3.8, 4) is 5.75 Å². The molecule has 132 valence electrons. The smallest absolute Gasteiger partial charge is 0.321 e. The van der Waals surface area contributed by atoms with Crippen molar-refractivity contribution in [3.63, 3.8) is 0 Å². The third-order valence-electron chi connectivity index (χ3n) is 3.83. The van der Waals surface area contributed by atoms with Gasteiger partial charge >= 0.3 is 6.03 Å². The lowest BCUT2D eigenvalue weighted by Gasteiger charge is -2.19. The second kappa shape index (κ2) is 8.01. The van der Waals surface area contributed by atoms with Gasteiger partial charge in [0.2, 0.25) is 6.10 Å². The molecule has 3 rings (SSSR count). The third kappa shape index (κ3) is 4.21. The highest BCUT2D eigenvalue weighted by molar-refractivity contribution is 9.10. The molecule has 5 nitrogen and oxygen atoms in total. The molecule has 1 atom stereocenters. The highest BCUT2D eigenvalue weighted by atomic mass is 79.9. The summed E-state index contributed by atoms with van der Waals surface area (Å²) >= 11 is 3.45. The predicted octanol–water partition coefficient (Wildman–Crippen LogP) is 4.18. The normalized spacial score (nSPS) is 11.6. The fourth-order valence-corrected chi connectivity index (χ4v) is 2.92. The van der Waals surface area contributed by atoms with Gasteiger partial charge < -0.3 is 10.1 Å². The van der Waals surface area contributed by atoms with Crippen molar-refractivity contribution < 1.29 is 14.3 Å². The van der Waals surface area contributed by atoms with E-state index < -0.39 is 18.0 Å². The minimum Gasteiger partial charge on any atom is -0.476 e. The minimum atomic E-state index is -0.943. The van der Waals surface area contributed by atoms with Crippen molar-refractivity contribution in [2.75, 3.05) is 7.05 Å². The summed E-state index contributed by atoms with van der Waals surface area (Å²) < 4.78 is 6.93. The molecule has 0 aromatic heterocycles. The van der Waals surface area contributed by atoms with Gasteiger partial charge in [-0.3, -0.25) is 10.1 Å². The van der Waals surface area contributed by atoms with Crippen LogP contribution in [0.1, 0.15) is 11.7 Å². The maximum atomic E-state index is 12.5. The quantitative estimate of drug-likeness (QED) is 0.675. The number of benzene rings is 3. The Morgan fingerprint density at radius 3 is 2.38 bits per heavy atom.